The summed E-state index contributed by atoms with van der Waals surface area (Å²) in [5.41, 5.74) is -0.227. The minimum Gasteiger partial charge on any atom is -0.477 e. The average Bonchev–Trinajstić information content (AvgIpc) is 3.50. The van der Waals surface area contributed by atoms with E-state index >= 15 is 4.39 Å². The molecule has 1 saturated carbocycles. The second-order valence-corrected chi connectivity index (χ2v) is 8.50. The van der Waals surface area contributed by atoms with Crippen molar-refractivity contribution in [3.8, 4) is 0 Å². The van der Waals surface area contributed by atoms with Crippen LogP contribution < -0.4 is 10.3 Å². The summed E-state index contributed by atoms with van der Waals surface area (Å²) in [6, 6.07) is 1.20. The van der Waals surface area contributed by atoms with Crippen molar-refractivity contribution in [3.05, 3.63) is 33.9 Å². The molecule has 4 heterocycles. The number of hydrogen-bond acceptors (Lipinski definition) is 7. The van der Waals surface area contributed by atoms with Gasteiger partial charge in [0.1, 0.15) is 17.8 Å². The third-order valence-corrected chi connectivity index (χ3v) is 6.64. The number of nitrogens with zero attached hydrogens (tertiary/aromatic N) is 5. The molecule has 2 aromatic heterocycles. The second-order valence-electron chi connectivity index (χ2n) is 8.50. The van der Waals surface area contributed by atoms with E-state index in [0.29, 0.717) is 25.3 Å². The number of halogens is 1. The first-order chi connectivity index (χ1) is 14.9. The fourth-order valence-electron chi connectivity index (χ4n) is 4.61. The van der Waals surface area contributed by atoms with Crippen LogP contribution in [-0.4, -0.2) is 70.1 Å². The lowest BCUT2D eigenvalue weighted by atomic mass is 9.83. The summed E-state index contributed by atoms with van der Waals surface area (Å²) in [7, 11) is 2.01. The van der Waals surface area contributed by atoms with Crippen LogP contribution in [0.15, 0.2) is 22.2 Å². The molecule has 0 radical (unpaired) electrons. The Morgan fingerprint density at radius 3 is 2.81 bits per heavy atom. The molecule has 9 nitrogen and oxygen atoms in total. The Balaban J connectivity index is 1.62. The van der Waals surface area contributed by atoms with Crippen molar-refractivity contribution in [3.63, 3.8) is 0 Å². The van der Waals surface area contributed by atoms with Crippen LogP contribution in [0.25, 0.3) is 11.0 Å². The number of oxime groups is 1. The van der Waals surface area contributed by atoms with Crippen LogP contribution in [0.3, 0.4) is 0 Å². The van der Waals surface area contributed by atoms with Gasteiger partial charge in [-0.15, -0.1) is 0 Å². The minimum absolute atomic E-state index is 0.00840. The molecule has 0 bridgehead atoms. The van der Waals surface area contributed by atoms with Gasteiger partial charge in [-0.25, -0.2) is 14.2 Å². The molecule has 10 heteroatoms. The Hall–Kier alpha value is -3.01. The summed E-state index contributed by atoms with van der Waals surface area (Å²) in [5.74, 6) is -1.83. The number of aromatic nitrogens is 2. The van der Waals surface area contributed by atoms with Crippen molar-refractivity contribution in [2.45, 2.75) is 37.8 Å². The summed E-state index contributed by atoms with van der Waals surface area (Å²) >= 11 is 0. The monoisotopic (exact) mass is 429 g/mol. The number of carboxylic acid groups (broad SMARTS) is 1. The first-order valence-corrected chi connectivity index (χ1v) is 10.5. The molecule has 1 atom stereocenters. The molecule has 1 spiro atoms. The summed E-state index contributed by atoms with van der Waals surface area (Å²) in [6.45, 7) is 4.13. The first kappa shape index (κ1) is 19.9. The zero-order chi connectivity index (χ0) is 21.9. The highest BCUT2D eigenvalue weighted by Crippen LogP contribution is 2.40. The Bertz CT molecular complexity index is 1170. The van der Waals surface area contributed by atoms with Crippen LogP contribution in [-0.2, 0) is 4.84 Å². The molecule has 0 aromatic carbocycles. The van der Waals surface area contributed by atoms with Gasteiger partial charge < -0.3 is 19.4 Å². The van der Waals surface area contributed by atoms with Gasteiger partial charge in [0.15, 0.2) is 11.6 Å². The summed E-state index contributed by atoms with van der Waals surface area (Å²) < 4.78 is 16.9. The number of carboxylic acids is 1. The molecule has 0 amide bonds. The number of aromatic carboxylic acids is 1. The Kier molecular flexibility index (Phi) is 4.51. The predicted octanol–water partition coefficient (Wildman–Crippen LogP) is 1.86. The maximum Gasteiger partial charge on any atom is 0.341 e. The number of likely N-dealkylation sites (tertiary alicyclic amines) is 1. The van der Waals surface area contributed by atoms with Gasteiger partial charge in [0.05, 0.1) is 23.2 Å². The van der Waals surface area contributed by atoms with Crippen LogP contribution in [0, 0.1) is 5.82 Å². The van der Waals surface area contributed by atoms with Crippen LogP contribution >= 0.6 is 0 Å². The maximum atomic E-state index is 15.2. The van der Waals surface area contributed by atoms with Gasteiger partial charge >= 0.3 is 5.97 Å². The van der Waals surface area contributed by atoms with Crippen molar-refractivity contribution >= 4 is 28.5 Å². The van der Waals surface area contributed by atoms with E-state index < -0.39 is 17.2 Å². The average molecular weight is 429 g/mol. The van der Waals surface area contributed by atoms with Crippen molar-refractivity contribution in [1.29, 1.82) is 0 Å². The highest BCUT2D eigenvalue weighted by Gasteiger charge is 2.53. The lowest BCUT2D eigenvalue weighted by Gasteiger charge is -2.48. The largest absolute Gasteiger partial charge is 0.477 e. The summed E-state index contributed by atoms with van der Waals surface area (Å²) in [4.78, 5) is 38.1. The SMILES string of the molecule is CCO/N=C1\CN(c2nc3c(cc2F)c(=O)c(C(=O)O)cn3C2CC2)CC12CCN2C. The number of rotatable bonds is 5. The number of pyridine rings is 2. The minimum atomic E-state index is -1.32. The van der Waals surface area contributed by atoms with Crippen molar-refractivity contribution < 1.29 is 19.1 Å². The molecule has 1 unspecified atom stereocenters. The topological polar surface area (TPSA) is 100 Å². The zero-order valence-corrected chi connectivity index (χ0v) is 17.5. The van der Waals surface area contributed by atoms with Crippen molar-refractivity contribution in [2.75, 3.05) is 38.2 Å². The van der Waals surface area contributed by atoms with Crippen molar-refractivity contribution in [1.82, 2.24) is 14.5 Å². The molecule has 3 fully saturated rings. The smallest absolute Gasteiger partial charge is 0.341 e. The van der Waals surface area contributed by atoms with Crippen LogP contribution in [0.2, 0.25) is 0 Å². The number of likely N-dealkylation sites (N-methyl/N-ethyl adjacent to an activating group) is 1. The number of hydrogen-bond donors (Lipinski definition) is 1. The van der Waals surface area contributed by atoms with Gasteiger partial charge in [-0.3, -0.25) is 9.69 Å². The normalized spacial score (nSPS) is 24.9. The van der Waals surface area contributed by atoms with Crippen LogP contribution in [0.5, 0.6) is 0 Å². The molecule has 5 rings (SSSR count). The molecular formula is C21H24FN5O4. The van der Waals surface area contributed by atoms with E-state index in [1.807, 2.05) is 18.9 Å². The standard InChI is InChI=1S/C21H24FN5O4/c1-3-31-24-16-10-26(11-21(16)6-7-25(21)2)19-15(22)8-13-17(28)14(20(29)30)9-27(12-4-5-12)18(13)23-19/h8-9,12H,3-7,10-11H2,1-2H3,(H,29,30)/b24-16+. The van der Waals surface area contributed by atoms with E-state index in [1.165, 1.54) is 6.20 Å². The lowest BCUT2D eigenvalue weighted by Crippen LogP contribution is -2.63. The van der Waals surface area contributed by atoms with Crippen molar-refractivity contribution in [2.24, 2.45) is 5.16 Å². The van der Waals surface area contributed by atoms with E-state index in [1.54, 1.807) is 4.57 Å². The van der Waals surface area contributed by atoms with Gasteiger partial charge in [0.2, 0.25) is 5.43 Å². The van der Waals surface area contributed by atoms with Gasteiger partial charge in [-0.05, 0) is 39.3 Å². The molecule has 2 saturated heterocycles. The zero-order valence-electron chi connectivity index (χ0n) is 17.5. The van der Waals surface area contributed by atoms with Crippen LogP contribution in [0.4, 0.5) is 10.2 Å². The maximum absolute atomic E-state index is 15.2. The Labute approximate surface area is 177 Å². The first-order valence-electron chi connectivity index (χ1n) is 10.5. The number of carbonyl (C=O) groups is 1. The van der Waals surface area contributed by atoms with Gasteiger partial charge in [-0.2, -0.15) is 0 Å². The molecule has 1 N–H and O–H groups in total. The highest BCUT2D eigenvalue weighted by molar-refractivity contribution is 6.01. The fraction of sp³-hybridized carbons (Fsp3) is 0.524. The van der Waals surface area contributed by atoms with E-state index in [0.717, 1.165) is 37.6 Å². The number of anilines is 1. The molecule has 31 heavy (non-hydrogen) atoms. The van der Waals surface area contributed by atoms with Crippen LogP contribution in [0.1, 0.15) is 42.6 Å². The van der Waals surface area contributed by atoms with E-state index in [-0.39, 0.29) is 28.3 Å². The molecule has 2 aromatic rings. The predicted molar refractivity (Wildman–Crippen MR) is 112 cm³/mol. The highest BCUT2D eigenvalue weighted by atomic mass is 19.1. The molecule has 3 aliphatic rings. The summed E-state index contributed by atoms with van der Waals surface area (Å²) in [6.07, 6.45) is 3.98. The van der Waals surface area contributed by atoms with E-state index in [2.05, 4.69) is 15.0 Å². The molecular weight excluding hydrogens is 405 g/mol. The van der Waals surface area contributed by atoms with Gasteiger partial charge in [0, 0.05) is 25.3 Å². The second kappa shape index (κ2) is 7.01. The fourth-order valence-corrected chi connectivity index (χ4v) is 4.61. The lowest BCUT2D eigenvalue weighted by molar-refractivity contribution is 0.0694. The van der Waals surface area contributed by atoms with Gasteiger partial charge in [-0.1, -0.05) is 5.16 Å². The molecule has 2 aliphatic heterocycles. The van der Waals surface area contributed by atoms with Gasteiger partial charge in [0.25, 0.3) is 0 Å². The quantitative estimate of drug-likeness (QED) is 0.724. The Morgan fingerprint density at radius 1 is 1.45 bits per heavy atom. The summed E-state index contributed by atoms with van der Waals surface area (Å²) in [5, 5.41) is 13.7. The molecule has 164 valence electrons. The molecule has 1 aliphatic carbocycles. The number of fused-ring (bicyclic) bond motifs is 1. The third-order valence-electron chi connectivity index (χ3n) is 6.64. The van der Waals surface area contributed by atoms with E-state index in [4.69, 9.17) is 4.84 Å². The Morgan fingerprint density at radius 2 is 2.23 bits per heavy atom. The third kappa shape index (κ3) is 3.00. The van der Waals surface area contributed by atoms with E-state index in [9.17, 15) is 14.7 Å².